The lowest BCUT2D eigenvalue weighted by Gasteiger charge is -2.16. The van der Waals surface area contributed by atoms with Crippen LogP contribution < -0.4 is 11.6 Å². The summed E-state index contributed by atoms with van der Waals surface area (Å²) in [6.45, 7) is 2.03. The van der Waals surface area contributed by atoms with Gasteiger partial charge >= 0.3 is 5.97 Å². The maximum atomic E-state index is 10.7. The number of carbonyl (C=O) groups excluding carboxylic acids is 1. The summed E-state index contributed by atoms with van der Waals surface area (Å²) in [7, 11) is 1.50. The summed E-state index contributed by atoms with van der Waals surface area (Å²) in [6, 6.07) is 0. The molecule has 0 rings (SSSR count). The molecule has 0 aliphatic carbocycles. The van der Waals surface area contributed by atoms with Gasteiger partial charge in [0, 0.05) is 7.05 Å². The minimum Gasteiger partial charge on any atom is -0.464 e. The quantitative estimate of drug-likeness (QED) is 0.223. The van der Waals surface area contributed by atoms with Crippen molar-refractivity contribution in [2.24, 2.45) is 11.6 Å². The monoisotopic (exact) mass is 147 g/mol. The number of nitrogens with zero attached hydrogens (tertiary/aromatic N) is 1. The molecule has 0 amide bonds. The Balaban J connectivity index is 3.71. The van der Waals surface area contributed by atoms with Crippen LogP contribution in [0.4, 0.5) is 0 Å². The molecule has 4 N–H and O–H groups in total. The largest absolute Gasteiger partial charge is 0.464 e. The average molecular weight is 147 g/mol. The fraction of sp³-hybridized carbons (Fsp3) is 0.800. The van der Waals surface area contributed by atoms with Crippen LogP contribution in [0.3, 0.4) is 0 Å². The van der Waals surface area contributed by atoms with Crippen LogP contribution in [0, 0.1) is 0 Å². The van der Waals surface area contributed by atoms with Gasteiger partial charge in [0.1, 0.15) is 0 Å². The van der Waals surface area contributed by atoms with Gasteiger partial charge < -0.3 is 10.5 Å². The number of hydrogen-bond acceptors (Lipinski definition) is 5. The number of rotatable bonds is 3. The van der Waals surface area contributed by atoms with Gasteiger partial charge in [0.2, 0.25) is 0 Å². The van der Waals surface area contributed by atoms with Crippen molar-refractivity contribution in [3.05, 3.63) is 0 Å². The summed E-state index contributed by atoms with van der Waals surface area (Å²) in [5, 5.41) is 1.10. The van der Waals surface area contributed by atoms with Crippen LogP contribution in [0.5, 0.6) is 0 Å². The molecular formula is C5H13N3O2. The predicted octanol–water partition coefficient (Wildman–Crippen LogP) is -1.36. The van der Waals surface area contributed by atoms with E-state index in [1.54, 1.807) is 6.92 Å². The third-order valence-corrected chi connectivity index (χ3v) is 0.967. The molecule has 0 fully saturated rings. The van der Waals surface area contributed by atoms with E-state index >= 15 is 0 Å². The molecule has 0 aliphatic heterocycles. The van der Waals surface area contributed by atoms with Crippen molar-refractivity contribution in [3.8, 4) is 0 Å². The summed E-state index contributed by atoms with van der Waals surface area (Å²) >= 11 is 0. The van der Waals surface area contributed by atoms with E-state index in [0.717, 1.165) is 5.01 Å². The van der Waals surface area contributed by atoms with E-state index in [2.05, 4.69) is 4.74 Å². The second-order valence-electron chi connectivity index (χ2n) is 1.86. The normalized spacial score (nSPS) is 13.3. The highest BCUT2D eigenvalue weighted by Crippen LogP contribution is 1.85. The number of carbonyl (C=O) groups is 1. The molecule has 1 atom stereocenters. The van der Waals surface area contributed by atoms with Crippen molar-refractivity contribution in [3.63, 3.8) is 0 Å². The molecule has 0 saturated heterocycles. The van der Waals surface area contributed by atoms with E-state index in [1.165, 1.54) is 7.05 Å². The molecule has 10 heavy (non-hydrogen) atoms. The minimum absolute atomic E-state index is 0.320. The van der Waals surface area contributed by atoms with Crippen LogP contribution in [0.2, 0.25) is 0 Å². The lowest BCUT2D eigenvalue weighted by atomic mass is 10.5. The van der Waals surface area contributed by atoms with Crippen LogP contribution in [0.1, 0.15) is 6.92 Å². The molecule has 5 heteroatoms. The zero-order valence-electron chi connectivity index (χ0n) is 6.20. The Kier molecular flexibility index (Phi) is 3.94. The summed E-state index contributed by atoms with van der Waals surface area (Å²) in [5.41, 5.74) is 5.27. The highest BCUT2D eigenvalue weighted by molar-refractivity contribution is 5.74. The lowest BCUT2D eigenvalue weighted by molar-refractivity contribution is -0.148. The number of hydrazine groups is 1. The van der Waals surface area contributed by atoms with E-state index in [-0.39, 0.29) is 0 Å². The Morgan fingerprint density at radius 1 is 1.80 bits per heavy atom. The maximum Gasteiger partial charge on any atom is 0.339 e. The highest BCUT2D eigenvalue weighted by Gasteiger charge is 2.16. The van der Waals surface area contributed by atoms with Crippen molar-refractivity contribution in [1.82, 2.24) is 5.01 Å². The molecule has 0 aromatic heterocycles. The van der Waals surface area contributed by atoms with Crippen LogP contribution in [-0.2, 0) is 9.53 Å². The maximum absolute atomic E-state index is 10.7. The Morgan fingerprint density at radius 2 is 2.30 bits per heavy atom. The first-order chi connectivity index (χ1) is 4.59. The molecule has 0 bridgehead atoms. The minimum atomic E-state index is -0.861. The Bertz CT molecular complexity index is 115. The van der Waals surface area contributed by atoms with E-state index in [0.29, 0.717) is 6.61 Å². The van der Waals surface area contributed by atoms with Crippen LogP contribution >= 0.6 is 0 Å². The van der Waals surface area contributed by atoms with Crippen molar-refractivity contribution >= 4 is 5.97 Å². The van der Waals surface area contributed by atoms with Gasteiger partial charge in [-0.2, -0.15) is 0 Å². The second kappa shape index (κ2) is 4.21. The number of hydrogen-bond donors (Lipinski definition) is 2. The highest BCUT2D eigenvalue weighted by atomic mass is 16.5. The zero-order valence-corrected chi connectivity index (χ0v) is 6.20. The van der Waals surface area contributed by atoms with Crippen molar-refractivity contribution < 1.29 is 9.53 Å². The summed E-state index contributed by atoms with van der Waals surface area (Å²) in [5.74, 6) is 4.67. The molecule has 60 valence electrons. The van der Waals surface area contributed by atoms with E-state index in [1.807, 2.05) is 0 Å². The average Bonchev–Trinajstić information content (AvgIpc) is 1.87. The van der Waals surface area contributed by atoms with Gasteiger partial charge in [0.05, 0.1) is 6.61 Å². The first-order valence-corrected chi connectivity index (χ1v) is 2.99. The molecule has 0 saturated carbocycles. The molecule has 0 aromatic carbocycles. The van der Waals surface area contributed by atoms with Crippen LogP contribution in [0.25, 0.3) is 0 Å². The zero-order chi connectivity index (χ0) is 8.15. The molecule has 5 nitrogen and oxygen atoms in total. The number of likely N-dealkylation sites (N-methyl/N-ethyl adjacent to an activating group) is 1. The number of ether oxygens (including phenoxy) is 1. The summed E-state index contributed by atoms with van der Waals surface area (Å²) in [6.07, 6.45) is -0.861. The Morgan fingerprint density at radius 3 is 2.60 bits per heavy atom. The van der Waals surface area contributed by atoms with E-state index < -0.39 is 12.1 Å². The standard InChI is InChI=1S/C5H13N3O2/c1-3-10-5(9)4(6)8(2)7/h4H,3,6-7H2,1-2H3. The predicted molar refractivity (Wildman–Crippen MR) is 36.6 cm³/mol. The first kappa shape index (κ1) is 9.35. The van der Waals surface area contributed by atoms with Crippen molar-refractivity contribution in [2.75, 3.05) is 13.7 Å². The van der Waals surface area contributed by atoms with Crippen LogP contribution in [-0.4, -0.2) is 30.8 Å². The molecule has 0 aromatic rings. The number of esters is 1. The fourth-order valence-electron chi connectivity index (χ4n) is 0.394. The summed E-state index contributed by atoms with van der Waals surface area (Å²) in [4.78, 5) is 10.7. The third kappa shape index (κ3) is 2.77. The molecule has 0 heterocycles. The van der Waals surface area contributed by atoms with Gasteiger partial charge in [-0.25, -0.2) is 9.80 Å². The molecule has 1 unspecified atom stereocenters. The molecule has 0 aliphatic rings. The lowest BCUT2D eigenvalue weighted by Crippen LogP contribution is -2.50. The van der Waals surface area contributed by atoms with Crippen LogP contribution in [0.15, 0.2) is 0 Å². The number of nitrogens with two attached hydrogens (primary N) is 2. The van der Waals surface area contributed by atoms with Crippen molar-refractivity contribution in [2.45, 2.75) is 13.1 Å². The smallest absolute Gasteiger partial charge is 0.339 e. The Hall–Kier alpha value is -0.650. The van der Waals surface area contributed by atoms with Gasteiger partial charge in [-0.15, -0.1) is 0 Å². The fourth-order valence-corrected chi connectivity index (χ4v) is 0.394. The van der Waals surface area contributed by atoms with Gasteiger partial charge in [-0.3, -0.25) is 5.84 Å². The van der Waals surface area contributed by atoms with Gasteiger partial charge in [-0.05, 0) is 6.92 Å². The van der Waals surface area contributed by atoms with Crippen molar-refractivity contribution in [1.29, 1.82) is 0 Å². The molecular weight excluding hydrogens is 134 g/mol. The van der Waals surface area contributed by atoms with E-state index in [9.17, 15) is 4.79 Å². The van der Waals surface area contributed by atoms with Gasteiger partial charge in [0.25, 0.3) is 0 Å². The summed E-state index contributed by atoms with van der Waals surface area (Å²) < 4.78 is 4.58. The van der Waals surface area contributed by atoms with E-state index in [4.69, 9.17) is 11.6 Å². The topological polar surface area (TPSA) is 81.6 Å². The van der Waals surface area contributed by atoms with Gasteiger partial charge in [-0.1, -0.05) is 0 Å². The van der Waals surface area contributed by atoms with Gasteiger partial charge in [0.15, 0.2) is 6.17 Å². The molecule has 0 spiro atoms. The third-order valence-electron chi connectivity index (χ3n) is 0.967. The molecule has 0 radical (unpaired) electrons. The Labute approximate surface area is 59.9 Å². The first-order valence-electron chi connectivity index (χ1n) is 2.99. The second-order valence-corrected chi connectivity index (χ2v) is 1.86. The SMILES string of the molecule is CCOC(=O)C(N)N(C)N.